The zero-order chi connectivity index (χ0) is 30.2. The summed E-state index contributed by atoms with van der Waals surface area (Å²) in [5.41, 5.74) is -2.60. The van der Waals surface area contributed by atoms with E-state index in [1.807, 2.05) is 4.90 Å². The van der Waals surface area contributed by atoms with Crippen molar-refractivity contribution in [3.05, 3.63) is 29.3 Å². The predicted octanol–water partition coefficient (Wildman–Crippen LogP) is 3.66. The molecule has 3 rings (SSSR count). The molecule has 0 bridgehead atoms. The van der Waals surface area contributed by atoms with E-state index in [0.717, 1.165) is 62.4 Å². The lowest BCUT2D eigenvalue weighted by atomic mass is 10.0. The SMILES string of the molecule is COCCOCC(=O)N1CCN(CCCCCCN2C(=S)N(c3ccc(C#N)c(C(F)(F)F)c3)C(=O)C2(C)C)CC1. The molecule has 2 amide bonds. The number of alkyl halides is 3. The Bertz CT molecular complexity index is 1130. The average Bonchev–Trinajstić information content (AvgIpc) is 3.10. The van der Waals surface area contributed by atoms with Gasteiger partial charge in [-0.05, 0) is 63.7 Å². The highest BCUT2D eigenvalue weighted by molar-refractivity contribution is 7.80. The van der Waals surface area contributed by atoms with E-state index < -0.39 is 28.7 Å². The summed E-state index contributed by atoms with van der Waals surface area (Å²) >= 11 is 5.55. The number of benzene rings is 1. The molecule has 1 aromatic rings. The first-order valence-corrected chi connectivity index (χ1v) is 14.2. The van der Waals surface area contributed by atoms with Gasteiger partial charge in [-0.2, -0.15) is 18.4 Å². The minimum Gasteiger partial charge on any atom is -0.382 e. The van der Waals surface area contributed by atoms with Gasteiger partial charge in [-0.3, -0.25) is 19.4 Å². The number of nitriles is 1. The molecule has 0 unspecified atom stereocenters. The smallest absolute Gasteiger partial charge is 0.382 e. The second-order valence-electron chi connectivity index (χ2n) is 10.7. The number of hydrogen-bond donors (Lipinski definition) is 0. The van der Waals surface area contributed by atoms with Gasteiger partial charge in [-0.1, -0.05) is 12.8 Å². The standard InChI is InChI=1S/C28H38F3N5O4S/c1-27(2)25(38)36(22-9-8-21(19-32)23(18-22)28(29,30)31)26(41)35(27)11-7-5-4-6-10-33-12-14-34(15-13-33)24(37)20-40-17-16-39-3/h8-9,18H,4-7,10-17,20H2,1-3H3. The van der Waals surface area contributed by atoms with Crippen LogP contribution < -0.4 is 4.90 Å². The molecule has 2 heterocycles. The second-order valence-corrected chi connectivity index (χ2v) is 11.0. The van der Waals surface area contributed by atoms with Crippen LogP contribution in [0.2, 0.25) is 0 Å². The van der Waals surface area contributed by atoms with Crippen molar-refractivity contribution < 1.29 is 32.2 Å². The number of halogens is 3. The summed E-state index contributed by atoms with van der Waals surface area (Å²) in [6.45, 7) is 8.82. The Morgan fingerprint density at radius 3 is 2.34 bits per heavy atom. The maximum absolute atomic E-state index is 13.5. The molecule has 41 heavy (non-hydrogen) atoms. The van der Waals surface area contributed by atoms with E-state index in [-0.39, 0.29) is 23.3 Å². The number of unbranched alkanes of at least 4 members (excludes halogenated alkanes) is 3. The minimum atomic E-state index is -4.73. The monoisotopic (exact) mass is 597 g/mol. The summed E-state index contributed by atoms with van der Waals surface area (Å²) < 4.78 is 50.7. The minimum absolute atomic E-state index is 0.000487. The van der Waals surface area contributed by atoms with Crippen molar-refractivity contribution in [3.63, 3.8) is 0 Å². The molecule has 0 atom stereocenters. The van der Waals surface area contributed by atoms with E-state index in [1.165, 1.54) is 6.07 Å². The summed E-state index contributed by atoms with van der Waals surface area (Å²) in [6, 6.07) is 4.76. The number of hydrogen-bond acceptors (Lipinski definition) is 7. The number of nitrogens with zero attached hydrogens (tertiary/aromatic N) is 5. The number of carbonyl (C=O) groups is 2. The zero-order valence-corrected chi connectivity index (χ0v) is 24.7. The molecule has 2 fully saturated rings. The van der Waals surface area contributed by atoms with Gasteiger partial charge in [-0.15, -0.1) is 0 Å². The number of piperazine rings is 1. The van der Waals surface area contributed by atoms with Gasteiger partial charge < -0.3 is 19.3 Å². The van der Waals surface area contributed by atoms with Crippen LogP contribution in [0.3, 0.4) is 0 Å². The van der Waals surface area contributed by atoms with Crippen molar-refractivity contribution in [2.75, 3.05) is 71.1 Å². The molecule has 0 N–H and O–H groups in total. The molecule has 2 saturated heterocycles. The van der Waals surface area contributed by atoms with E-state index in [1.54, 1.807) is 31.9 Å². The van der Waals surface area contributed by atoms with E-state index in [0.29, 0.717) is 32.8 Å². The van der Waals surface area contributed by atoms with Crippen LogP contribution in [0.1, 0.15) is 50.7 Å². The summed E-state index contributed by atoms with van der Waals surface area (Å²) in [4.78, 5) is 32.5. The highest BCUT2D eigenvalue weighted by atomic mass is 32.1. The first kappa shape index (κ1) is 32.7. The predicted molar refractivity (Wildman–Crippen MR) is 151 cm³/mol. The van der Waals surface area contributed by atoms with Crippen LogP contribution >= 0.6 is 12.2 Å². The molecular formula is C28H38F3N5O4S. The Morgan fingerprint density at radius 2 is 1.73 bits per heavy atom. The summed E-state index contributed by atoms with van der Waals surface area (Å²) in [5, 5.41) is 9.24. The molecule has 2 aliphatic heterocycles. The molecule has 13 heteroatoms. The molecule has 0 aliphatic carbocycles. The Labute approximate surface area is 244 Å². The summed E-state index contributed by atoms with van der Waals surface area (Å²) in [5.74, 6) is -0.403. The molecule has 0 aromatic heterocycles. The van der Waals surface area contributed by atoms with Crippen LogP contribution in [0.15, 0.2) is 18.2 Å². The lowest BCUT2D eigenvalue weighted by Crippen LogP contribution is -2.49. The van der Waals surface area contributed by atoms with Crippen LogP contribution in [-0.4, -0.2) is 103 Å². The van der Waals surface area contributed by atoms with Gasteiger partial charge >= 0.3 is 6.18 Å². The van der Waals surface area contributed by atoms with Crippen molar-refractivity contribution in [1.29, 1.82) is 5.26 Å². The van der Waals surface area contributed by atoms with Gasteiger partial charge in [0.2, 0.25) is 5.91 Å². The summed E-state index contributed by atoms with van der Waals surface area (Å²) in [7, 11) is 1.59. The fraction of sp³-hybridized carbons (Fsp3) is 0.643. The van der Waals surface area contributed by atoms with Gasteiger partial charge in [-0.25, -0.2) is 0 Å². The van der Waals surface area contributed by atoms with Crippen molar-refractivity contribution in [3.8, 4) is 6.07 Å². The van der Waals surface area contributed by atoms with Gasteiger partial charge in [0.25, 0.3) is 5.91 Å². The third kappa shape index (κ3) is 8.16. The number of rotatable bonds is 13. The van der Waals surface area contributed by atoms with Crippen LogP contribution in [-0.2, 0) is 25.2 Å². The Kier molecular flexibility index (Phi) is 11.5. The van der Waals surface area contributed by atoms with Crippen LogP contribution in [0, 0.1) is 11.3 Å². The zero-order valence-electron chi connectivity index (χ0n) is 23.8. The first-order chi connectivity index (χ1) is 19.4. The van der Waals surface area contributed by atoms with Crippen molar-refractivity contribution in [1.82, 2.24) is 14.7 Å². The van der Waals surface area contributed by atoms with Crippen LogP contribution in [0.4, 0.5) is 18.9 Å². The molecule has 1 aromatic carbocycles. The van der Waals surface area contributed by atoms with Crippen LogP contribution in [0.25, 0.3) is 0 Å². The van der Waals surface area contributed by atoms with Crippen molar-refractivity contribution in [2.45, 2.75) is 51.2 Å². The van der Waals surface area contributed by atoms with Gasteiger partial charge in [0.1, 0.15) is 12.1 Å². The molecule has 0 spiro atoms. The van der Waals surface area contributed by atoms with Gasteiger partial charge in [0, 0.05) is 39.8 Å². The fourth-order valence-electron chi connectivity index (χ4n) is 5.01. The van der Waals surface area contributed by atoms with E-state index in [4.69, 9.17) is 27.0 Å². The highest BCUT2D eigenvalue weighted by Crippen LogP contribution is 2.38. The average molecular weight is 598 g/mol. The maximum atomic E-state index is 13.5. The summed E-state index contributed by atoms with van der Waals surface area (Å²) in [6.07, 6.45) is -1.06. The van der Waals surface area contributed by atoms with Crippen LogP contribution in [0.5, 0.6) is 0 Å². The third-order valence-electron chi connectivity index (χ3n) is 7.50. The van der Waals surface area contributed by atoms with E-state index in [9.17, 15) is 22.8 Å². The maximum Gasteiger partial charge on any atom is 0.417 e. The molecule has 0 radical (unpaired) electrons. The van der Waals surface area contributed by atoms with Crippen molar-refractivity contribution in [2.24, 2.45) is 0 Å². The Balaban J connectivity index is 1.43. The van der Waals surface area contributed by atoms with Gasteiger partial charge in [0.15, 0.2) is 5.11 Å². The number of anilines is 1. The molecule has 226 valence electrons. The number of carbonyl (C=O) groups excluding carboxylic acids is 2. The van der Waals surface area contributed by atoms with Gasteiger partial charge in [0.05, 0.1) is 36.1 Å². The van der Waals surface area contributed by atoms with E-state index >= 15 is 0 Å². The van der Waals surface area contributed by atoms with Crippen molar-refractivity contribution >= 4 is 34.8 Å². The normalized spacial score (nSPS) is 17.8. The topological polar surface area (TPSA) is 89.3 Å². The number of methoxy groups -OCH3 is 1. The second kappa shape index (κ2) is 14.4. The van der Waals surface area contributed by atoms with E-state index in [2.05, 4.69) is 4.90 Å². The quantitative estimate of drug-likeness (QED) is 0.252. The molecule has 2 aliphatic rings. The first-order valence-electron chi connectivity index (χ1n) is 13.8. The number of thiocarbonyl (C=S) groups is 1. The lowest BCUT2D eigenvalue weighted by Gasteiger charge is -2.34. The third-order valence-corrected chi connectivity index (χ3v) is 7.90. The number of amides is 2. The molecular weight excluding hydrogens is 559 g/mol. The lowest BCUT2D eigenvalue weighted by molar-refractivity contribution is -0.138. The molecule has 0 saturated carbocycles. The molecule has 9 nitrogen and oxygen atoms in total. The highest BCUT2D eigenvalue weighted by Gasteiger charge is 2.49. The Morgan fingerprint density at radius 1 is 1.07 bits per heavy atom. The fourth-order valence-corrected chi connectivity index (χ4v) is 5.52. The largest absolute Gasteiger partial charge is 0.417 e. The number of ether oxygens (including phenoxy) is 2. The Hall–Kier alpha value is -2.79.